The van der Waals surface area contributed by atoms with Crippen LogP contribution in [0.5, 0.6) is 0 Å². The molecule has 1 saturated heterocycles. The summed E-state index contributed by atoms with van der Waals surface area (Å²) >= 11 is 0. The highest BCUT2D eigenvalue weighted by molar-refractivity contribution is 5.17. The summed E-state index contributed by atoms with van der Waals surface area (Å²) in [6, 6.07) is 20.9. The standard InChI is InChI=1S/C10H12.C8H10.C4H8O.C4H8.C3H4.2C2H6/c1-2-3-7-10-8-5-4-6-9-10;1-2-8-6-4-3-5-7-8;1-2-4-5-3-1;1-3-4-2;1-3-2;2*1-2/h2-6,8-9H,7H2,1H3;3-7H,2H2,1H3;1-4H2;3-4H,1-2H3;1H,2H3;2*1-2H3/b3-2+;;;4-3+;;;. The van der Waals surface area contributed by atoms with Crippen LogP contribution in [0.2, 0.25) is 0 Å². The molecule has 0 radical (unpaired) electrons. The summed E-state index contributed by atoms with van der Waals surface area (Å²) in [6.45, 7) is 19.9. The molecule has 2 aromatic carbocycles. The van der Waals surface area contributed by atoms with Crippen molar-refractivity contribution < 1.29 is 4.74 Å². The lowest BCUT2D eigenvalue weighted by Gasteiger charge is -1.92. The average molecular weight is 467 g/mol. The van der Waals surface area contributed by atoms with E-state index in [2.05, 4.69) is 80.0 Å². The minimum atomic E-state index is 1.00. The van der Waals surface area contributed by atoms with E-state index >= 15 is 0 Å². The minimum Gasteiger partial charge on any atom is -0.381 e. The fourth-order valence-electron chi connectivity index (χ4n) is 2.09. The normalized spacial score (nSPS) is 10.5. The van der Waals surface area contributed by atoms with Crippen molar-refractivity contribution in [3.8, 4) is 12.3 Å². The molecule has 192 valence electrons. The molecule has 0 amide bonds. The van der Waals surface area contributed by atoms with E-state index in [1.165, 1.54) is 24.0 Å². The Labute approximate surface area is 214 Å². The smallest absolute Gasteiger partial charge is 0.0466 e. The Kier molecular flexibility index (Phi) is 46.4. The highest BCUT2D eigenvalue weighted by atomic mass is 16.5. The Morgan fingerprint density at radius 3 is 1.35 bits per heavy atom. The molecule has 0 N–H and O–H groups in total. The van der Waals surface area contributed by atoms with E-state index < -0.39 is 0 Å². The Bertz CT molecular complexity index is 632. The van der Waals surface area contributed by atoms with Gasteiger partial charge in [0.2, 0.25) is 0 Å². The number of aryl methyl sites for hydroxylation is 1. The molecule has 0 aromatic heterocycles. The highest BCUT2D eigenvalue weighted by Crippen LogP contribution is 1.99. The van der Waals surface area contributed by atoms with Crippen LogP contribution in [0, 0.1) is 12.3 Å². The Hall–Kier alpha value is -2.56. The SMILES string of the molecule is C#CC.C/C=C/C.C/C=C/Cc1ccccc1.C1CCOC1.CC.CC.CCc1ccccc1. The van der Waals surface area contributed by atoms with Crippen molar-refractivity contribution in [2.75, 3.05) is 13.2 Å². The van der Waals surface area contributed by atoms with E-state index in [1.807, 2.05) is 72.8 Å². The zero-order chi connectivity index (χ0) is 26.7. The largest absolute Gasteiger partial charge is 0.381 e. The molecule has 1 fully saturated rings. The van der Waals surface area contributed by atoms with Gasteiger partial charge < -0.3 is 4.74 Å². The van der Waals surface area contributed by atoms with Gasteiger partial charge in [0.25, 0.3) is 0 Å². The van der Waals surface area contributed by atoms with Crippen LogP contribution in [0.15, 0.2) is 85.0 Å². The second kappa shape index (κ2) is 40.8. The molecular formula is C33H54O. The number of allylic oxidation sites excluding steroid dienone is 4. The Morgan fingerprint density at radius 1 is 0.735 bits per heavy atom. The fourth-order valence-corrected chi connectivity index (χ4v) is 2.09. The number of terminal acetylenes is 1. The zero-order valence-corrected chi connectivity index (χ0v) is 23.8. The van der Waals surface area contributed by atoms with Gasteiger partial charge in [-0.25, -0.2) is 0 Å². The summed E-state index contributed by atoms with van der Waals surface area (Å²) in [6.07, 6.45) is 17.6. The van der Waals surface area contributed by atoms with Gasteiger partial charge in [-0.15, -0.1) is 12.3 Å². The van der Waals surface area contributed by atoms with E-state index in [0.29, 0.717) is 0 Å². The van der Waals surface area contributed by atoms with Gasteiger partial charge in [0.15, 0.2) is 0 Å². The Balaban J connectivity index is -0.000000169. The molecule has 0 saturated carbocycles. The van der Waals surface area contributed by atoms with Crippen LogP contribution in [-0.4, -0.2) is 13.2 Å². The quantitative estimate of drug-likeness (QED) is 0.323. The molecule has 34 heavy (non-hydrogen) atoms. The van der Waals surface area contributed by atoms with E-state index in [1.54, 1.807) is 6.92 Å². The van der Waals surface area contributed by atoms with Gasteiger partial charge in [-0.2, -0.15) is 0 Å². The first-order chi connectivity index (χ1) is 16.7. The van der Waals surface area contributed by atoms with Gasteiger partial charge in [0.1, 0.15) is 0 Å². The molecule has 1 aliphatic rings. The summed E-state index contributed by atoms with van der Waals surface area (Å²) in [5, 5.41) is 0. The lowest BCUT2D eigenvalue weighted by molar-refractivity contribution is 0.198. The van der Waals surface area contributed by atoms with Gasteiger partial charge >= 0.3 is 0 Å². The molecule has 0 spiro atoms. The van der Waals surface area contributed by atoms with Crippen molar-refractivity contribution in [1.29, 1.82) is 0 Å². The third kappa shape index (κ3) is 36.8. The van der Waals surface area contributed by atoms with Gasteiger partial charge in [0, 0.05) is 13.2 Å². The third-order valence-corrected chi connectivity index (χ3v) is 3.84. The maximum atomic E-state index is 4.94. The summed E-state index contributed by atoms with van der Waals surface area (Å²) in [4.78, 5) is 0. The predicted octanol–water partition coefficient (Wildman–Crippen LogP) is 10.1. The van der Waals surface area contributed by atoms with E-state index in [9.17, 15) is 0 Å². The van der Waals surface area contributed by atoms with Crippen molar-refractivity contribution in [2.24, 2.45) is 0 Å². The first-order valence-corrected chi connectivity index (χ1v) is 12.9. The number of hydrogen-bond donors (Lipinski definition) is 0. The molecule has 2 aromatic rings. The predicted molar refractivity (Wildman–Crippen MR) is 159 cm³/mol. The molecule has 1 aliphatic heterocycles. The van der Waals surface area contributed by atoms with Gasteiger partial charge in [-0.05, 0) is 64.5 Å². The lowest BCUT2D eigenvalue weighted by atomic mass is 10.1. The maximum Gasteiger partial charge on any atom is 0.0466 e. The lowest BCUT2D eigenvalue weighted by Crippen LogP contribution is -1.76. The van der Waals surface area contributed by atoms with Crippen LogP contribution in [0.1, 0.15) is 86.3 Å². The van der Waals surface area contributed by atoms with Crippen molar-refractivity contribution in [3.05, 3.63) is 96.1 Å². The maximum absolute atomic E-state index is 4.94. The summed E-state index contributed by atoms with van der Waals surface area (Å²) in [5.74, 6) is 2.25. The van der Waals surface area contributed by atoms with Crippen molar-refractivity contribution in [3.63, 3.8) is 0 Å². The zero-order valence-electron chi connectivity index (χ0n) is 23.8. The Morgan fingerprint density at radius 2 is 1.12 bits per heavy atom. The molecule has 0 bridgehead atoms. The van der Waals surface area contributed by atoms with Crippen molar-refractivity contribution in [2.45, 2.75) is 88.0 Å². The number of ether oxygens (including phenoxy) is 1. The third-order valence-electron chi connectivity index (χ3n) is 3.84. The fraction of sp³-hybridized carbons (Fsp3) is 0.455. The topological polar surface area (TPSA) is 9.23 Å². The molecule has 0 aliphatic carbocycles. The molecule has 3 rings (SSSR count). The van der Waals surface area contributed by atoms with Crippen molar-refractivity contribution in [1.82, 2.24) is 0 Å². The van der Waals surface area contributed by atoms with Gasteiger partial charge in [0.05, 0.1) is 0 Å². The van der Waals surface area contributed by atoms with Crippen LogP contribution in [0.25, 0.3) is 0 Å². The van der Waals surface area contributed by atoms with Crippen LogP contribution in [0.4, 0.5) is 0 Å². The van der Waals surface area contributed by atoms with Crippen LogP contribution in [0.3, 0.4) is 0 Å². The van der Waals surface area contributed by atoms with Gasteiger partial charge in [-0.3, -0.25) is 0 Å². The van der Waals surface area contributed by atoms with E-state index in [4.69, 9.17) is 4.74 Å². The monoisotopic (exact) mass is 466 g/mol. The molecule has 1 heteroatoms. The molecule has 0 unspecified atom stereocenters. The van der Waals surface area contributed by atoms with E-state index in [-0.39, 0.29) is 0 Å². The first-order valence-electron chi connectivity index (χ1n) is 12.9. The summed E-state index contributed by atoms with van der Waals surface area (Å²) in [5.41, 5.74) is 2.79. The van der Waals surface area contributed by atoms with E-state index in [0.717, 1.165) is 26.1 Å². The highest BCUT2D eigenvalue weighted by Gasteiger charge is 1.94. The van der Waals surface area contributed by atoms with Crippen LogP contribution in [-0.2, 0) is 17.6 Å². The number of rotatable bonds is 3. The second-order valence-electron chi connectivity index (χ2n) is 6.37. The summed E-state index contributed by atoms with van der Waals surface area (Å²) in [7, 11) is 0. The molecular weight excluding hydrogens is 412 g/mol. The number of benzene rings is 2. The number of hydrogen-bond acceptors (Lipinski definition) is 1. The molecule has 0 atom stereocenters. The molecule has 1 heterocycles. The van der Waals surface area contributed by atoms with Gasteiger partial charge in [-0.1, -0.05) is 120 Å². The average Bonchev–Trinajstić information content (AvgIpc) is 3.52. The molecule has 1 nitrogen and oxygen atoms in total. The van der Waals surface area contributed by atoms with Crippen LogP contribution < -0.4 is 0 Å². The summed E-state index contributed by atoms with van der Waals surface area (Å²) < 4.78 is 4.94. The van der Waals surface area contributed by atoms with Crippen LogP contribution >= 0.6 is 0 Å². The second-order valence-corrected chi connectivity index (χ2v) is 6.37. The first kappa shape index (κ1) is 38.7. The minimum absolute atomic E-state index is 1.00. The van der Waals surface area contributed by atoms with Crippen molar-refractivity contribution >= 4 is 0 Å².